The Labute approximate surface area is 250 Å². The first kappa shape index (κ1) is 31.2. The average Bonchev–Trinajstić information content (AvgIpc) is 3.31. The molecular weight excluding hydrogens is 586 g/mol. The maximum absolute atomic E-state index is 13.0. The minimum absolute atomic E-state index is 0.0663. The third-order valence-electron chi connectivity index (χ3n) is 8.94. The van der Waals surface area contributed by atoms with Gasteiger partial charge in [0.15, 0.2) is 29.8 Å². The molecule has 0 amide bonds. The number of hydrogen-bond acceptors (Lipinski definition) is 13. The number of piperidine rings is 1. The summed E-state index contributed by atoms with van der Waals surface area (Å²) >= 11 is 0. The minimum Gasteiger partial charge on any atom is -0.493 e. The number of carbonyl (C=O) groups is 5. The maximum atomic E-state index is 13.0. The summed E-state index contributed by atoms with van der Waals surface area (Å²) in [4.78, 5) is 61.5. The van der Waals surface area contributed by atoms with Gasteiger partial charge < -0.3 is 49.0 Å². The molecule has 1 saturated heterocycles. The van der Waals surface area contributed by atoms with E-state index < -0.39 is 78.1 Å². The third kappa shape index (κ3) is 4.94. The molecule has 15 nitrogen and oxygen atoms in total. The van der Waals surface area contributed by atoms with Gasteiger partial charge in [-0.1, -0.05) is 6.07 Å². The second-order valence-electron chi connectivity index (χ2n) is 11.4. The van der Waals surface area contributed by atoms with Gasteiger partial charge >= 0.3 is 29.8 Å². The number of aliphatic hydroxyl groups excluding tert-OH is 1. The molecule has 4 aliphatic rings. The Morgan fingerprint density at radius 3 is 2.50 bits per heavy atom. The molecule has 15 heteroatoms. The first-order chi connectivity index (χ1) is 20.7. The second kappa shape index (κ2) is 11.4. The summed E-state index contributed by atoms with van der Waals surface area (Å²) in [7, 11) is 3.45. The minimum atomic E-state index is -2.02. The molecule has 2 aliphatic heterocycles. The van der Waals surface area contributed by atoms with Gasteiger partial charge in [-0.2, -0.15) is 0 Å². The SMILES string of the molecule is COc1ccc2c3c1O[C@H]1C(OC(=O)[C@@H](O)CC(=O)O[C@@H](C)C(=O)O[C@@H](CC(=O)O)C(=O)O)=CC[C@@]4(O)[C@@H](C2)N(C)CC[C@]314. The van der Waals surface area contributed by atoms with Gasteiger partial charge in [-0.25, -0.2) is 14.4 Å². The van der Waals surface area contributed by atoms with Crippen LogP contribution in [0.4, 0.5) is 0 Å². The molecule has 1 fully saturated rings. The summed E-state index contributed by atoms with van der Waals surface area (Å²) in [5.74, 6) is -6.00. The van der Waals surface area contributed by atoms with Crippen molar-refractivity contribution in [1.82, 2.24) is 4.90 Å². The van der Waals surface area contributed by atoms with E-state index in [9.17, 15) is 34.2 Å². The van der Waals surface area contributed by atoms with Crippen LogP contribution in [0.5, 0.6) is 11.5 Å². The number of benzene rings is 1. The number of carboxylic acid groups (broad SMARTS) is 2. The lowest BCUT2D eigenvalue weighted by Gasteiger charge is -2.61. The number of likely N-dealkylation sites (N-methyl/N-ethyl adjacent to an activating group) is 1. The number of hydrogen-bond donors (Lipinski definition) is 4. The first-order valence-electron chi connectivity index (χ1n) is 14.0. The van der Waals surface area contributed by atoms with Gasteiger partial charge in [0.2, 0.25) is 6.10 Å². The molecule has 0 radical (unpaired) electrons. The molecule has 238 valence electrons. The van der Waals surface area contributed by atoms with Gasteiger partial charge in [-0.15, -0.1) is 0 Å². The first-order valence-corrected chi connectivity index (χ1v) is 14.0. The van der Waals surface area contributed by atoms with Gasteiger partial charge in [-0.05, 0) is 51.1 Å². The number of methoxy groups -OCH3 is 1. The number of esters is 3. The van der Waals surface area contributed by atoms with Crippen LogP contribution in [0.15, 0.2) is 24.0 Å². The topological polar surface area (TPSA) is 216 Å². The van der Waals surface area contributed by atoms with E-state index in [1.165, 1.54) is 7.11 Å². The molecule has 44 heavy (non-hydrogen) atoms. The van der Waals surface area contributed by atoms with Crippen LogP contribution in [-0.4, -0.2) is 112 Å². The summed E-state index contributed by atoms with van der Waals surface area (Å²) in [6, 6.07) is 3.50. The highest BCUT2D eigenvalue weighted by Gasteiger charge is 2.72. The Morgan fingerprint density at radius 1 is 1.11 bits per heavy atom. The van der Waals surface area contributed by atoms with Crippen LogP contribution < -0.4 is 9.47 Å². The monoisotopic (exact) mass is 619 g/mol. The molecule has 7 atom stereocenters. The Balaban J connectivity index is 1.28. The van der Waals surface area contributed by atoms with Crippen LogP contribution >= 0.6 is 0 Å². The van der Waals surface area contributed by atoms with Crippen LogP contribution in [-0.2, 0) is 50.0 Å². The van der Waals surface area contributed by atoms with E-state index in [2.05, 4.69) is 9.64 Å². The van der Waals surface area contributed by atoms with Crippen molar-refractivity contribution in [2.24, 2.45) is 0 Å². The molecular formula is C29H33NO14. The van der Waals surface area contributed by atoms with Crippen molar-refractivity contribution in [2.75, 3.05) is 20.7 Å². The predicted octanol–water partition coefficient (Wildman–Crippen LogP) is -0.330. The zero-order valence-electron chi connectivity index (χ0n) is 24.2. The Kier molecular flexibility index (Phi) is 8.07. The fourth-order valence-corrected chi connectivity index (χ4v) is 6.88. The van der Waals surface area contributed by atoms with E-state index in [1.54, 1.807) is 12.1 Å². The average molecular weight is 620 g/mol. The molecule has 2 aliphatic carbocycles. The normalized spacial score (nSPS) is 28.2. The molecule has 5 rings (SSSR count). The highest BCUT2D eigenvalue weighted by atomic mass is 16.6. The number of likely N-dealkylation sites (tertiary alicyclic amines) is 1. The van der Waals surface area contributed by atoms with Crippen LogP contribution in [0.1, 0.15) is 43.7 Å². The molecule has 0 unspecified atom stereocenters. The highest BCUT2D eigenvalue weighted by Crippen LogP contribution is 2.65. The van der Waals surface area contributed by atoms with E-state index in [-0.39, 0.29) is 18.2 Å². The van der Waals surface area contributed by atoms with E-state index in [0.29, 0.717) is 30.9 Å². The van der Waals surface area contributed by atoms with Gasteiger partial charge in [0.25, 0.3) is 0 Å². The van der Waals surface area contributed by atoms with Crippen molar-refractivity contribution in [3.05, 3.63) is 35.1 Å². The van der Waals surface area contributed by atoms with Crippen LogP contribution in [0.25, 0.3) is 0 Å². The zero-order chi connectivity index (χ0) is 32.1. The molecule has 0 aromatic heterocycles. The molecule has 1 aromatic carbocycles. The van der Waals surface area contributed by atoms with Crippen molar-refractivity contribution in [3.63, 3.8) is 0 Å². The van der Waals surface area contributed by atoms with Crippen molar-refractivity contribution in [2.45, 2.75) is 80.5 Å². The summed E-state index contributed by atoms with van der Waals surface area (Å²) in [5, 5.41) is 40.5. The molecule has 0 saturated carbocycles. The zero-order valence-corrected chi connectivity index (χ0v) is 24.2. The van der Waals surface area contributed by atoms with Crippen molar-refractivity contribution < 1.29 is 68.1 Å². The molecule has 2 bridgehead atoms. The number of aliphatic carboxylic acids is 2. The largest absolute Gasteiger partial charge is 0.493 e. The van der Waals surface area contributed by atoms with E-state index in [0.717, 1.165) is 18.1 Å². The van der Waals surface area contributed by atoms with Gasteiger partial charge in [-0.3, -0.25) is 9.59 Å². The smallest absolute Gasteiger partial charge is 0.348 e. The maximum Gasteiger partial charge on any atom is 0.348 e. The summed E-state index contributed by atoms with van der Waals surface area (Å²) in [5.41, 5.74) is -0.401. The lowest BCUT2D eigenvalue weighted by atomic mass is 9.50. The summed E-state index contributed by atoms with van der Waals surface area (Å²) in [6.45, 7) is 1.69. The summed E-state index contributed by atoms with van der Waals surface area (Å²) < 4.78 is 26.9. The number of carboxylic acids is 2. The Hall–Kier alpha value is -4.21. The van der Waals surface area contributed by atoms with Crippen LogP contribution in [0.3, 0.4) is 0 Å². The second-order valence-corrected chi connectivity index (χ2v) is 11.4. The Morgan fingerprint density at radius 2 is 1.84 bits per heavy atom. The number of carbonyl (C=O) groups excluding carboxylic acids is 3. The number of nitrogens with zero attached hydrogens (tertiary/aromatic N) is 1. The van der Waals surface area contributed by atoms with E-state index in [4.69, 9.17) is 29.2 Å². The summed E-state index contributed by atoms with van der Waals surface area (Å²) in [6.07, 6.45) is -5.79. The van der Waals surface area contributed by atoms with Gasteiger partial charge in [0.1, 0.15) is 5.76 Å². The van der Waals surface area contributed by atoms with E-state index >= 15 is 0 Å². The van der Waals surface area contributed by atoms with Crippen molar-refractivity contribution >= 4 is 29.8 Å². The number of aliphatic hydroxyl groups is 2. The molecule has 4 N–H and O–H groups in total. The number of rotatable bonds is 11. The molecule has 1 aromatic rings. The highest BCUT2D eigenvalue weighted by molar-refractivity contribution is 5.86. The molecule has 1 spiro atoms. The lowest BCUT2D eigenvalue weighted by Crippen LogP contribution is -2.74. The van der Waals surface area contributed by atoms with Crippen molar-refractivity contribution in [1.29, 1.82) is 0 Å². The quantitative estimate of drug-likeness (QED) is 0.184. The Bertz CT molecular complexity index is 1440. The third-order valence-corrected chi connectivity index (χ3v) is 8.94. The molecule has 2 heterocycles. The van der Waals surface area contributed by atoms with Crippen LogP contribution in [0.2, 0.25) is 0 Å². The fraction of sp³-hybridized carbons (Fsp3) is 0.552. The van der Waals surface area contributed by atoms with Crippen LogP contribution in [0, 0.1) is 0 Å². The standard InChI is InChI=1S/C29H33NO14/c1-13(26(37)43-18(25(35)36)12-20(32)33)41-21(34)11-15(31)27(38)42-17-6-7-29(39)19-10-14-4-5-16(40-3)23-22(14)28(29,24(17)44-23)8-9-30(19)2/h4-6,13,15,18-19,24,31,39H,7-12H2,1-3H3,(H,32,33)(H,35,36)/t13-,15-,18-,19+,24-,28-,29+/m0/s1. The van der Waals surface area contributed by atoms with E-state index in [1.807, 2.05) is 13.1 Å². The van der Waals surface area contributed by atoms with Crippen molar-refractivity contribution in [3.8, 4) is 11.5 Å². The predicted molar refractivity (Wildman–Crippen MR) is 144 cm³/mol. The van der Waals surface area contributed by atoms with Gasteiger partial charge in [0.05, 0.1) is 31.0 Å². The fourth-order valence-electron chi connectivity index (χ4n) is 6.88. The number of ether oxygens (including phenoxy) is 5. The lowest BCUT2D eigenvalue weighted by molar-refractivity contribution is -0.179. The van der Waals surface area contributed by atoms with Gasteiger partial charge in [0, 0.05) is 18.0 Å².